The number of guanidine groups is 1. The van der Waals surface area contributed by atoms with Gasteiger partial charge in [-0.05, 0) is 13.8 Å². The zero-order valence-electron chi connectivity index (χ0n) is 14.5. The topological polar surface area (TPSA) is 95.8 Å². The van der Waals surface area contributed by atoms with Gasteiger partial charge in [-0.1, -0.05) is 10.3 Å². The van der Waals surface area contributed by atoms with Crippen molar-refractivity contribution in [2.75, 3.05) is 32.7 Å². The monoisotopic (exact) mass is 461 g/mol. The second-order valence-corrected chi connectivity index (χ2v) is 5.66. The summed E-state index contributed by atoms with van der Waals surface area (Å²) in [5.41, 5.74) is 0.968. The molecular formula is C15H24IN7O2. The summed E-state index contributed by atoms with van der Waals surface area (Å²) in [4.78, 5) is 13.4. The van der Waals surface area contributed by atoms with Crippen molar-refractivity contribution < 1.29 is 9.05 Å². The molecule has 0 amide bonds. The van der Waals surface area contributed by atoms with Gasteiger partial charge in [0.2, 0.25) is 5.89 Å². The number of aryl methyl sites for hydroxylation is 1. The van der Waals surface area contributed by atoms with Gasteiger partial charge in [-0.3, -0.25) is 4.90 Å². The highest BCUT2D eigenvalue weighted by atomic mass is 127. The number of aromatic nitrogens is 3. The van der Waals surface area contributed by atoms with Gasteiger partial charge in [0.15, 0.2) is 11.8 Å². The smallest absolute Gasteiger partial charge is 0.248 e. The molecule has 9 nitrogen and oxygen atoms in total. The predicted molar refractivity (Wildman–Crippen MR) is 103 cm³/mol. The van der Waals surface area contributed by atoms with Crippen LogP contribution in [-0.4, -0.2) is 63.8 Å². The summed E-state index contributed by atoms with van der Waals surface area (Å²) in [5, 5.41) is 11.1. The molecule has 1 saturated heterocycles. The highest BCUT2D eigenvalue weighted by Crippen LogP contribution is 2.08. The Morgan fingerprint density at radius 2 is 2.08 bits per heavy atom. The lowest BCUT2D eigenvalue weighted by molar-refractivity contribution is 0.169. The first-order valence-electron chi connectivity index (χ1n) is 8.18. The van der Waals surface area contributed by atoms with Crippen LogP contribution in [0.4, 0.5) is 0 Å². The van der Waals surface area contributed by atoms with Gasteiger partial charge in [0.05, 0.1) is 5.69 Å². The lowest BCUT2D eigenvalue weighted by Crippen LogP contribution is -2.52. The van der Waals surface area contributed by atoms with Crippen molar-refractivity contribution in [1.82, 2.24) is 30.4 Å². The average Bonchev–Trinajstić information content (AvgIpc) is 3.24. The van der Waals surface area contributed by atoms with Crippen LogP contribution >= 0.6 is 24.0 Å². The van der Waals surface area contributed by atoms with Crippen molar-refractivity contribution in [2.45, 2.75) is 26.9 Å². The molecular weight excluding hydrogens is 437 g/mol. The Labute approximate surface area is 163 Å². The third-order valence-electron chi connectivity index (χ3n) is 3.82. The van der Waals surface area contributed by atoms with E-state index in [9.17, 15) is 0 Å². The molecule has 1 aliphatic heterocycles. The van der Waals surface area contributed by atoms with Crippen LogP contribution in [0.5, 0.6) is 0 Å². The molecule has 0 saturated carbocycles. The van der Waals surface area contributed by atoms with Gasteiger partial charge in [-0.2, -0.15) is 4.98 Å². The molecule has 3 heterocycles. The molecule has 10 heteroatoms. The summed E-state index contributed by atoms with van der Waals surface area (Å²) < 4.78 is 10.0. The summed E-state index contributed by atoms with van der Waals surface area (Å²) in [6, 6.07) is 1.91. The van der Waals surface area contributed by atoms with E-state index in [1.54, 1.807) is 13.2 Å². The van der Waals surface area contributed by atoms with Gasteiger partial charge in [0.25, 0.3) is 0 Å². The van der Waals surface area contributed by atoms with Crippen LogP contribution in [0.1, 0.15) is 24.3 Å². The van der Waals surface area contributed by atoms with Crippen LogP contribution in [-0.2, 0) is 13.1 Å². The Balaban J connectivity index is 0.00000225. The van der Waals surface area contributed by atoms with Crippen LogP contribution in [0.25, 0.3) is 0 Å². The number of aliphatic imine (C=N–C) groups is 1. The zero-order valence-corrected chi connectivity index (χ0v) is 16.8. The molecule has 0 unspecified atom stereocenters. The molecule has 0 aromatic carbocycles. The van der Waals surface area contributed by atoms with Crippen LogP contribution < -0.4 is 5.32 Å². The highest BCUT2D eigenvalue weighted by molar-refractivity contribution is 14.0. The summed E-state index contributed by atoms with van der Waals surface area (Å²) in [6.45, 7) is 9.62. The Kier molecular flexibility index (Phi) is 7.62. The van der Waals surface area contributed by atoms with Crippen LogP contribution in [0, 0.1) is 6.92 Å². The van der Waals surface area contributed by atoms with E-state index in [1.807, 2.05) is 6.07 Å². The van der Waals surface area contributed by atoms with Crippen molar-refractivity contribution in [1.29, 1.82) is 0 Å². The second-order valence-electron chi connectivity index (χ2n) is 5.66. The van der Waals surface area contributed by atoms with Crippen LogP contribution in [0.3, 0.4) is 0 Å². The fraction of sp³-hybridized carbons (Fsp3) is 0.600. The lowest BCUT2D eigenvalue weighted by atomic mass is 10.3. The third-order valence-corrected chi connectivity index (χ3v) is 3.82. The minimum Gasteiger partial charge on any atom is -0.364 e. The zero-order chi connectivity index (χ0) is 16.8. The van der Waals surface area contributed by atoms with E-state index < -0.39 is 0 Å². The molecule has 0 spiro atoms. The van der Waals surface area contributed by atoms with Crippen molar-refractivity contribution in [3.8, 4) is 0 Å². The Morgan fingerprint density at radius 1 is 1.28 bits per heavy atom. The first-order chi connectivity index (χ1) is 11.7. The maximum absolute atomic E-state index is 5.12. The van der Waals surface area contributed by atoms with Crippen molar-refractivity contribution >= 4 is 29.9 Å². The quantitative estimate of drug-likeness (QED) is 0.404. The predicted octanol–water partition coefficient (Wildman–Crippen LogP) is 1.27. The Hall–Kier alpha value is -1.69. The maximum atomic E-state index is 5.12. The number of rotatable bonds is 5. The number of piperazine rings is 1. The van der Waals surface area contributed by atoms with Gasteiger partial charge in [0, 0.05) is 45.3 Å². The van der Waals surface area contributed by atoms with E-state index in [1.165, 1.54) is 0 Å². The van der Waals surface area contributed by atoms with E-state index in [0.717, 1.165) is 50.9 Å². The van der Waals surface area contributed by atoms with Crippen molar-refractivity contribution in [2.24, 2.45) is 4.99 Å². The second kappa shape index (κ2) is 9.70. The summed E-state index contributed by atoms with van der Waals surface area (Å²) in [7, 11) is 0. The SMILES string of the molecule is CCNC(=NCc1nc(C)no1)N1CCN(Cc2ccon2)CC1.I. The summed E-state index contributed by atoms with van der Waals surface area (Å²) in [5.74, 6) is 2.05. The van der Waals surface area contributed by atoms with Crippen molar-refractivity contribution in [3.63, 3.8) is 0 Å². The number of nitrogens with zero attached hydrogens (tertiary/aromatic N) is 6. The fourth-order valence-corrected chi connectivity index (χ4v) is 2.64. The number of nitrogens with one attached hydrogen (secondary N) is 1. The van der Waals surface area contributed by atoms with E-state index in [-0.39, 0.29) is 24.0 Å². The minimum absolute atomic E-state index is 0. The third kappa shape index (κ3) is 5.66. The van der Waals surface area contributed by atoms with E-state index in [2.05, 4.69) is 42.3 Å². The largest absolute Gasteiger partial charge is 0.364 e. The molecule has 0 radical (unpaired) electrons. The molecule has 1 aliphatic rings. The molecule has 2 aromatic heterocycles. The number of hydrogen-bond acceptors (Lipinski definition) is 7. The van der Waals surface area contributed by atoms with Crippen LogP contribution in [0.2, 0.25) is 0 Å². The molecule has 0 bridgehead atoms. The Morgan fingerprint density at radius 3 is 2.68 bits per heavy atom. The summed E-state index contributed by atoms with van der Waals surface area (Å²) in [6.07, 6.45) is 1.61. The molecule has 0 aliphatic carbocycles. The molecule has 1 fully saturated rings. The maximum Gasteiger partial charge on any atom is 0.248 e. The summed E-state index contributed by atoms with van der Waals surface area (Å²) >= 11 is 0. The fourth-order valence-electron chi connectivity index (χ4n) is 2.64. The van der Waals surface area contributed by atoms with E-state index in [4.69, 9.17) is 9.05 Å². The Bertz CT molecular complexity index is 651. The molecule has 0 atom stereocenters. The number of halogens is 1. The first kappa shape index (κ1) is 19.6. The van der Waals surface area contributed by atoms with Gasteiger partial charge < -0.3 is 19.3 Å². The molecule has 3 rings (SSSR count). The molecule has 1 N–H and O–H groups in total. The van der Waals surface area contributed by atoms with Crippen LogP contribution in [0.15, 0.2) is 26.4 Å². The van der Waals surface area contributed by atoms with Crippen molar-refractivity contribution in [3.05, 3.63) is 29.7 Å². The van der Waals surface area contributed by atoms with Gasteiger partial charge in [-0.15, -0.1) is 24.0 Å². The number of hydrogen-bond donors (Lipinski definition) is 1. The van der Waals surface area contributed by atoms with Gasteiger partial charge in [-0.25, -0.2) is 4.99 Å². The molecule has 138 valence electrons. The van der Waals surface area contributed by atoms with Gasteiger partial charge in [0.1, 0.15) is 12.8 Å². The highest BCUT2D eigenvalue weighted by Gasteiger charge is 2.20. The standard InChI is InChI=1S/C15H23N7O2.HI/c1-3-16-15(17-10-14-18-12(2)19-24-14)22-7-5-21(6-8-22)11-13-4-9-23-20-13;/h4,9H,3,5-8,10-11H2,1-2H3,(H,16,17);1H. The lowest BCUT2D eigenvalue weighted by Gasteiger charge is -2.36. The van der Waals surface area contributed by atoms with Gasteiger partial charge >= 0.3 is 0 Å². The molecule has 2 aromatic rings. The normalized spacial score (nSPS) is 15.9. The van der Waals surface area contributed by atoms with E-state index >= 15 is 0 Å². The minimum atomic E-state index is 0. The first-order valence-corrected chi connectivity index (χ1v) is 8.18. The molecule has 25 heavy (non-hydrogen) atoms. The van der Waals surface area contributed by atoms with E-state index in [0.29, 0.717) is 18.3 Å². The average molecular weight is 461 g/mol.